The number of benzene rings is 1. The first kappa shape index (κ1) is 21.5. The van der Waals surface area contributed by atoms with Crippen LogP contribution in [0.25, 0.3) is 0 Å². The summed E-state index contributed by atoms with van der Waals surface area (Å²) in [4.78, 5) is 41.6. The molecule has 1 atom stereocenters. The lowest BCUT2D eigenvalue weighted by atomic mass is 10.0. The molecule has 30 heavy (non-hydrogen) atoms. The third-order valence-electron chi connectivity index (χ3n) is 5.42. The third-order valence-corrected chi connectivity index (χ3v) is 5.42. The van der Waals surface area contributed by atoms with Crippen LogP contribution in [0.4, 0.5) is 0 Å². The van der Waals surface area contributed by atoms with E-state index >= 15 is 0 Å². The number of aromatic nitrogens is 1. The van der Waals surface area contributed by atoms with Crippen LogP contribution in [0, 0.1) is 13.8 Å². The predicted octanol–water partition coefficient (Wildman–Crippen LogP) is 2.12. The highest BCUT2D eigenvalue weighted by Gasteiger charge is 2.39. The van der Waals surface area contributed by atoms with Gasteiger partial charge in [0.2, 0.25) is 5.91 Å². The fraction of sp³-hybridized carbons (Fsp3) is 0.455. The Morgan fingerprint density at radius 3 is 2.53 bits per heavy atom. The Balaban J connectivity index is 1.80. The van der Waals surface area contributed by atoms with Crippen LogP contribution < -0.4 is 5.32 Å². The number of rotatable bonds is 8. The van der Waals surface area contributed by atoms with Crippen LogP contribution in [-0.4, -0.2) is 52.3 Å². The molecule has 1 N–H and O–H groups in total. The van der Waals surface area contributed by atoms with E-state index in [1.165, 1.54) is 4.90 Å². The number of amides is 3. The summed E-state index contributed by atoms with van der Waals surface area (Å²) in [5.41, 5.74) is 2.18. The van der Waals surface area contributed by atoms with Gasteiger partial charge in [0.15, 0.2) is 0 Å². The Bertz CT molecular complexity index is 890. The summed E-state index contributed by atoms with van der Waals surface area (Å²) in [7, 11) is 0. The van der Waals surface area contributed by atoms with Gasteiger partial charge in [-0.1, -0.05) is 48.8 Å². The predicted molar refractivity (Wildman–Crippen MR) is 110 cm³/mol. The van der Waals surface area contributed by atoms with E-state index in [1.807, 2.05) is 32.0 Å². The molecule has 2 aromatic rings. The van der Waals surface area contributed by atoms with E-state index in [-0.39, 0.29) is 12.5 Å². The van der Waals surface area contributed by atoms with Crippen molar-refractivity contribution in [3.63, 3.8) is 0 Å². The minimum atomic E-state index is -0.878. The Morgan fingerprint density at radius 1 is 1.17 bits per heavy atom. The quantitative estimate of drug-likeness (QED) is 0.670. The largest absolute Gasteiger partial charge is 0.361 e. The van der Waals surface area contributed by atoms with Crippen molar-refractivity contribution in [2.24, 2.45) is 0 Å². The van der Waals surface area contributed by atoms with Crippen LogP contribution in [0.1, 0.15) is 48.4 Å². The molecule has 0 bridgehead atoms. The van der Waals surface area contributed by atoms with E-state index in [9.17, 15) is 14.4 Å². The molecule has 0 spiro atoms. The minimum Gasteiger partial charge on any atom is -0.361 e. The Kier molecular flexibility index (Phi) is 6.87. The minimum absolute atomic E-state index is 0.238. The van der Waals surface area contributed by atoms with E-state index < -0.39 is 17.9 Å². The first-order chi connectivity index (χ1) is 14.4. The first-order valence-electron chi connectivity index (χ1n) is 10.3. The average Bonchev–Trinajstić information content (AvgIpc) is 3.07. The van der Waals surface area contributed by atoms with Gasteiger partial charge in [-0.3, -0.25) is 14.4 Å². The van der Waals surface area contributed by atoms with Crippen molar-refractivity contribution < 1.29 is 18.9 Å². The molecule has 8 nitrogen and oxygen atoms in total. The average molecular weight is 412 g/mol. The zero-order chi connectivity index (χ0) is 21.7. The molecule has 1 aliphatic heterocycles. The fourth-order valence-electron chi connectivity index (χ4n) is 3.63. The van der Waals surface area contributed by atoms with E-state index in [2.05, 4.69) is 10.5 Å². The van der Waals surface area contributed by atoms with Crippen LogP contribution in [0.3, 0.4) is 0 Å². The van der Waals surface area contributed by atoms with Gasteiger partial charge in [0.25, 0.3) is 0 Å². The van der Waals surface area contributed by atoms with Crippen LogP contribution in [0.2, 0.25) is 0 Å². The highest BCUT2D eigenvalue weighted by Crippen LogP contribution is 2.24. The van der Waals surface area contributed by atoms with Gasteiger partial charge in [0.05, 0.1) is 5.69 Å². The number of carbonyl (C=O) groups is 3. The zero-order valence-electron chi connectivity index (χ0n) is 17.7. The van der Waals surface area contributed by atoms with Crippen molar-refractivity contribution in [2.75, 3.05) is 19.6 Å². The van der Waals surface area contributed by atoms with E-state index in [0.717, 1.165) is 18.4 Å². The highest BCUT2D eigenvalue weighted by atomic mass is 16.5. The van der Waals surface area contributed by atoms with E-state index in [0.29, 0.717) is 36.7 Å². The molecule has 1 aromatic heterocycles. The summed E-state index contributed by atoms with van der Waals surface area (Å²) >= 11 is 0. The topological polar surface area (TPSA) is 95.8 Å². The van der Waals surface area contributed by atoms with Crippen molar-refractivity contribution in [3.05, 3.63) is 52.9 Å². The summed E-state index contributed by atoms with van der Waals surface area (Å²) in [5.74, 6) is -0.892. The summed E-state index contributed by atoms with van der Waals surface area (Å²) < 4.78 is 5.15. The number of hydrogen-bond acceptors (Lipinski definition) is 5. The van der Waals surface area contributed by atoms with Gasteiger partial charge < -0.3 is 19.6 Å². The van der Waals surface area contributed by atoms with Crippen molar-refractivity contribution >= 4 is 17.7 Å². The number of unbranched alkanes of at least 4 members (excludes halogenated alkanes) is 1. The Hall–Kier alpha value is -3.16. The molecule has 0 radical (unpaired) electrons. The molecule has 1 unspecified atom stereocenters. The molecule has 3 amide bonds. The summed E-state index contributed by atoms with van der Waals surface area (Å²) in [5, 5.41) is 6.79. The summed E-state index contributed by atoms with van der Waals surface area (Å²) in [6, 6.07) is 8.18. The van der Waals surface area contributed by atoms with E-state index in [4.69, 9.17) is 4.52 Å². The Labute approximate surface area is 176 Å². The van der Waals surface area contributed by atoms with Gasteiger partial charge in [-0.05, 0) is 25.8 Å². The second-order valence-electron chi connectivity index (χ2n) is 7.48. The number of piperazine rings is 1. The van der Waals surface area contributed by atoms with Gasteiger partial charge in [-0.15, -0.1) is 0 Å². The van der Waals surface area contributed by atoms with Crippen LogP contribution >= 0.6 is 0 Å². The molecule has 1 fully saturated rings. The van der Waals surface area contributed by atoms with Crippen molar-refractivity contribution in [1.82, 2.24) is 20.3 Å². The molecular formula is C22H28N4O4. The number of carbonyl (C=O) groups excluding carboxylic acids is 3. The fourth-order valence-corrected chi connectivity index (χ4v) is 3.63. The van der Waals surface area contributed by atoms with E-state index in [1.54, 1.807) is 24.0 Å². The second-order valence-corrected chi connectivity index (χ2v) is 7.48. The SMILES string of the molecule is CCCCN1CCN(C(C(=O)NCc2c(C)noc2C)c2ccccc2)C(=O)C1=O. The van der Waals surface area contributed by atoms with Crippen molar-refractivity contribution in [2.45, 2.75) is 46.2 Å². The standard InChI is InChI=1S/C22H28N4O4/c1-4-5-11-25-12-13-26(22(29)21(25)28)19(17-9-7-6-8-10-17)20(27)23-14-18-15(2)24-30-16(18)3/h6-10,19H,4-5,11-14H2,1-3H3,(H,23,27). The molecule has 160 valence electrons. The molecule has 0 aliphatic carbocycles. The molecule has 3 rings (SSSR count). The Morgan fingerprint density at radius 2 is 1.90 bits per heavy atom. The second kappa shape index (κ2) is 9.56. The lowest BCUT2D eigenvalue weighted by Gasteiger charge is -2.38. The lowest BCUT2D eigenvalue weighted by molar-refractivity contribution is -0.159. The summed E-state index contributed by atoms with van der Waals surface area (Å²) in [6.07, 6.45) is 1.79. The van der Waals surface area contributed by atoms with Crippen LogP contribution in [0.5, 0.6) is 0 Å². The maximum absolute atomic E-state index is 13.2. The summed E-state index contributed by atoms with van der Waals surface area (Å²) in [6.45, 7) is 7.16. The number of nitrogens with zero attached hydrogens (tertiary/aromatic N) is 3. The molecule has 1 aromatic carbocycles. The lowest BCUT2D eigenvalue weighted by Crippen LogP contribution is -2.57. The van der Waals surface area contributed by atoms with Crippen LogP contribution in [0.15, 0.2) is 34.9 Å². The maximum Gasteiger partial charge on any atom is 0.313 e. The van der Waals surface area contributed by atoms with Gasteiger partial charge in [0, 0.05) is 31.7 Å². The van der Waals surface area contributed by atoms with Gasteiger partial charge in [-0.2, -0.15) is 0 Å². The molecule has 1 aliphatic rings. The highest BCUT2D eigenvalue weighted by molar-refractivity contribution is 6.35. The molecule has 0 saturated carbocycles. The van der Waals surface area contributed by atoms with Gasteiger partial charge in [0.1, 0.15) is 11.8 Å². The zero-order valence-corrected chi connectivity index (χ0v) is 17.7. The molecule has 2 heterocycles. The normalized spacial score (nSPS) is 15.4. The number of hydrogen-bond donors (Lipinski definition) is 1. The number of nitrogens with one attached hydrogen (secondary N) is 1. The first-order valence-corrected chi connectivity index (χ1v) is 10.3. The van der Waals surface area contributed by atoms with Gasteiger partial charge in [-0.25, -0.2) is 0 Å². The molecule has 8 heteroatoms. The molecular weight excluding hydrogens is 384 g/mol. The maximum atomic E-state index is 13.2. The van der Waals surface area contributed by atoms with Crippen LogP contribution in [-0.2, 0) is 20.9 Å². The third kappa shape index (κ3) is 4.53. The smallest absolute Gasteiger partial charge is 0.313 e. The van der Waals surface area contributed by atoms with Crippen molar-refractivity contribution in [3.8, 4) is 0 Å². The monoisotopic (exact) mass is 412 g/mol. The van der Waals surface area contributed by atoms with Crippen molar-refractivity contribution in [1.29, 1.82) is 0 Å². The number of aryl methyl sites for hydroxylation is 2. The molecule has 1 saturated heterocycles. The van der Waals surface area contributed by atoms with Gasteiger partial charge >= 0.3 is 11.8 Å².